The van der Waals surface area contributed by atoms with Gasteiger partial charge >= 0.3 is 0 Å². The maximum absolute atomic E-state index is 6.12. The predicted octanol–water partition coefficient (Wildman–Crippen LogP) is 2.54. The monoisotopic (exact) mass is 287 g/mol. The Morgan fingerprint density at radius 2 is 1.86 bits per heavy atom. The van der Waals surface area contributed by atoms with Crippen LogP contribution in [0, 0.1) is 10.8 Å². The molecule has 2 N–H and O–H groups in total. The molecule has 1 aliphatic rings. The fourth-order valence-electron chi connectivity index (χ4n) is 3.26. The molecule has 112 valence electrons. The molecule has 1 aromatic heterocycles. The normalized spacial score (nSPS) is 19.5. The molecule has 0 unspecified atom stereocenters. The number of hydrogen-bond acceptors (Lipinski definition) is 5. The summed E-state index contributed by atoms with van der Waals surface area (Å²) < 4.78 is 7.30. The van der Waals surface area contributed by atoms with Gasteiger partial charge in [0.1, 0.15) is 5.75 Å². The van der Waals surface area contributed by atoms with Gasteiger partial charge in [0, 0.05) is 5.69 Å². The van der Waals surface area contributed by atoms with Crippen LogP contribution < -0.4 is 10.5 Å². The van der Waals surface area contributed by atoms with Gasteiger partial charge in [-0.25, -0.2) is 4.68 Å². The van der Waals surface area contributed by atoms with Crippen LogP contribution in [-0.2, 0) is 0 Å². The molecule has 6 nitrogen and oxygen atoms in total. The van der Waals surface area contributed by atoms with Crippen molar-refractivity contribution >= 4 is 5.69 Å². The summed E-state index contributed by atoms with van der Waals surface area (Å²) in [6, 6.07) is 5.80. The first kappa shape index (κ1) is 13.9. The minimum atomic E-state index is 0.133. The zero-order valence-electron chi connectivity index (χ0n) is 13.1. The zero-order chi connectivity index (χ0) is 15.4. The summed E-state index contributed by atoms with van der Waals surface area (Å²) in [5.74, 6) is 1.34. The molecule has 0 radical (unpaired) electrons. The van der Waals surface area contributed by atoms with Crippen LogP contribution >= 0.6 is 0 Å². The average molecular weight is 287 g/mol. The smallest absolute Gasteiger partial charge is 0.188 e. The van der Waals surface area contributed by atoms with Crippen LogP contribution in [-0.4, -0.2) is 27.3 Å². The number of rotatable bonds is 3. The number of hydrogen-bond donors (Lipinski definition) is 1. The Morgan fingerprint density at radius 3 is 2.43 bits per heavy atom. The van der Waals surface area contributed by atoms with Crippen LogP contribution in [0.4, 0.5) is 5.69 Å². The summed E-state index contributed by atoms with van der Waals surface area (Å²) in [5.41, 5.74) is 7.76. The first-order valence-electron chi connectivity index (χ1n) is 7.03. The second kappa shape index (κ2) is 4.19. The SMILES string of the molecule is COc1cccc(N)c1-c1nnnn1C1C(C)(C)C1(C)C. The summed E-state index contributed by atoms with van der Waals surface area (Å²) >= 11 is 0. The van der Waals surface area contributed by atoms with Crippen molar-refractivity contribution in [2.24, 2.45) is 10.8 Å². The van der Waals surface area contributed by atoms with Crippen LogP contribution in [0.3, 0.4) is 0 Å². The first-order chi connectivity index (χ1) is 9.82. The zero-order valence-corrected chi connectivity index (χ0v) is 13.1. The highest BCUT2D eigenvalue weighted by Gasteiger charge is 2.67. The van der Waals surface area contributed by atoms with Gasteiger partial charge in [-0.3, -0.25) is 0 Å². The van der Waals surface area contributed by atoms with E-state index >= 15 is 0 Å². The van der Waals surface area contributed by atoms with Crippen LogP contribution in [0.15, 0.2) is 18.2 Å². The van der Waals surface area contributed by atoms with Gasteiger partial charge in [-0.05, 0) is 33.4 Å². The lowest BCUT2D eigenvalue weighted by Crippen LogP contribution is -2.07. The van der Waals surface area contributed by atoms with Crippen LogP contribution in [0.5, 0.6) is 5.75 Å². The molecular formula is C15H21N5O. The molecule has 1 aliphatic carbocycles. The predicted molar refractivity (Wildman–Crippen MR) is 80.8 cm³/mol. The highest BCUT2D eigenvalue weighted by Crippen LogP contribution is 2.71. The maximum atomic E-state index is 6.12. The molecule has 0 saturated heterocycles. The summed E-state index contributed by atoms with van der Waals surface area (Å²) in [4.78, 5) is 0. The van der Waals surface area contributed by atoms with E-state index in [-0.39, 0.29) is 16.9 Å². The van der Waals surface area contributed by atoms with Gasteiger partial charge in [0.05, 0.1) is 18.7 Å². The third kappa shape index (κ3) is 1.74. The van der Waals surface area contributed by atoms with E-state index < -0.39 is 0 Å². The highest BCUT2D eigenvalue weighted by atomic mass is 16.5. The Bertz CT molecular complexity index is 675. The number of nitrogen functional groups attached to an aromatic ring is 1. The third-order valence-corrected chi connectivity index (χ3v) is 5.18. The standard InChI is InChI=1S/C15H21N5O/c1-14(2)13(15(14,3)4)20-12(17-18-19-20)11-9(16)7-6-8-10(11)21-5/h6-8,13H,16H2,1-5H3. The molecule has 1 aromatic carbocycles. The molecule has 0 bridgehead atoms. The lowest BCUT2D eigenvalue weighted by molar-refractivity contribution is 0.415. The van der Waals surface area contributed by atoms with Gasteiger partial charge in [0.15, 0.2) is 5.82 Å². The van der Waals surface area contributed by atoms with E-state index in [1.54, 1.807) is 7.11 Å². The minimum Gasteiger partial charge on any atom is -0.496 e. The number of anilines is 1. The summed E-state index contributed by atoms with van der Waals surface area (Å²) in [7, 11) is 1.62. The third-order valence-electron chi connectivity index (χ3n) is 5.18. The van der Waals surface area contributed by atoms with Gasteiger partial charge in [0.2, 0.25) is 0 Å². The van der Waals surface area contributed by atoms with E-state index in [2.05, 4.69) is 43.2 Å². The molecule has 1 fully saturated rings. The topological polar surface area (TPSA) is 78.8 Å². The van der Waals surface area contributed by atoms with Gasteiger partial charge < -0.3 is 10.5 Å². The fourth-order valence-corrected chi connectivity index (χ4v) is 3.26. The van der Waals surface area contributed by atoms with Crippen molar-refractivity contribution in [2.75, 3.05) is 12.8 Å². The van der Waals surface area contributed by atoms with Crippen molar-refractivity contribution in [3.05, 3.63) is 18.2 Å². The number of ether oxygens (including phenoxy) is 1. The number of nitrogens with two attached hydrogens (primary N) is 1. The van der Waals surface area contributed by atoms with Crippen LogP contribution in [0.2, 0.25) is 0 Å². The Labute approximate surface area is 124 Å². The van der Waals surface area contributed by atoms with Gasteiger partial charge in [0.25, 0.3) is 0 Å². The van der Waals surface area contributed by atoms with Gasteiger partial charge in [-0.15, -0.1) is 5.10 Å². The number of benzene rings is 1. The average Bonchev–Trinajstić information content (AvgIpc) is 2.76. The Balaban J connectivity index is 2.14. The molecule has 0 spiro atoms. The second-order valence-electron chi connectivity index (χ2n) is 6.72. The fraction of sp³-hybridized carbons (Fsp3) is 0.533. The van der Waals surface area contributed by atoms with Crippen LogP contribution in [0.25, 0.3) is 11.4 Å². The molecule has 0 amide bonds. The Hall–Kier alpha value is -2.11. The van der Waals surface area contributed by atoms with Crippen molar-refractivity contribution in [1.29, 1.82) is 0 Å². The lowest BCUT2D eigenvalue weighted by atomic mass is 10.0. The highest BCUT2D eigenvalue weighted by molar-refractivity contribution is 5.77. The van der Waals surface area contributed by atoms with E-state index in [1.165, 1.54) is 0 Å². The second-order valence-corrected chi connectivity index (χ2v) is 6.72. The van der Waals surface area contributed by atoms with E-state index in [0.29, 0.717) is 17.3 Å². The summed E-state index contributed by atoms with van der Waals surface area (Å²) in [6.45, 7) is 8.92. The van der Waals surface area contributed by atoms with Crippen LogP contribution in [0.1, 0.15) is 33.7 Å². The molecule has 21 heavy (non-hydrogen) atoms. The Kier molecular flexibility index (Phi) is 2.77. The van der Waals surface area contributed by atoms with E-state index in [4.69, 9.17) is 10.5 Å². The number of nitrogens with zero attached hydrogens (tertiary/aromatic N) is 4. The number of methoxy groups -OCH3 is 1. The Morgan fingerprint density at radius 1 is 1.19 bits per heavy atom. The van der Waals surface area contributed by atoms with E-state index in [9.17, 15) is 0 Å². The first-order valence-corrected chi connectivity index (χ1v) is 7.03. The van der Waals surface area contributed by atoms with E-state index in [1.807, 2.05) is 22.9 Å². The maximum Gasteiger partial charge on any atom is 0.188 e. The van der Waals surface area contributed by atoms with Crippen molar-refractivity contribution in [3.8, 4) is 17.1 Å². The van der Waals surface area contributed by atoms with Crippen molar-refractivity contribution < 1.29 is 4.74 Å². The largest absolute Gasteiger partial charge is 0.496 e. The van der Waals surface area contributed by atoms with Crippen molar-refractivity contribution in [1.82, 2.24) is 20.2 Å². The van der Waals surface area contributed by atoms with Crippen molar-refractivity contribution in [3.63, 3.8) is 0 Å². The quantitative estimate of drug-likeness (QED) is 0.878. The number of tetrazole rings is 1. The molecular weight excluding hydrogens is 266 g/mol. The molecule has 3 rings (SSSR count). The number of aromatic nitrogens is 4. The minimum absolute atomic E-state index is 0.133. The summed E-state index contributed by atoms with van der Waals surface area (Å²) in [5, 5.41) is 12.3. The molecule has 2 aromatic rings. The van der Waals surface area contributed by atoms with E-state index in [0.717, 1.165) is 5.56 Å². The molecule has 0 atom stereocenters. The molecule has 0 aliphatic heterocycles. The van der Waals surface area contributed by atoms with Gasteiger partial charge in [-0.2, -0.15) is 0 Å². The molecule has 1 heterocycles. The van der Waals surface area contributed by atoms with Gasteiger partial charge in [-0.1, -0.05) is 33.8 Å². The lowest BCUT2D eigenvalue weighted by Gasteiger charge is -2.12. The summed E-state index contributed by atoms with van der Waals surface area (Å²) in [6.07, 6.45) is 0. The molecule has 1 saturated carbocycles. The van der Waals surface area contributed by atoms with Crippen molar-refractivity contribution in [2.45, 2.75) is 33.7 Å². The molecule has 6 heteroatoms.